The molecule has 2 aliphatic rings. The van der Waals surface area contributed by atoms with Gasteiger partial charge in [-0.05, 0) is 31.9 Å². The molecule has 0 unspecified atom stereocenters. The maximum Gasteiger partial charge on any atom is 0.417 e. The van der Waals surface area contributed by atoms with E-state index in [4.69, 9.17) is 9.47 Å². The van der Waals surface area contributed by atoms with Crippen LogP contribution in [0.1, 0.15) is 34.5 Å². The van der Waals surface area contributed by atoms with Gasteiger partial charge in [-0.1, -0.05) is 0 Å². The quantitative estimate of drug-likeness (QED) is 0.778. The molecule has 0 atom stereocenters. The lowest BCUT2D eigenvalue weighted by atomic mass is 9.95. The van der Waals surface area contributed by atoms with Gasteiger partial charge in [0.1, 0.15) is 0 Å². The number of likely N-dealkylation sites (tertiary alicyclic amines) is 1. The van der Waals surface area contributed by atoms with Crippen molar-refractivity contribution in [1.82, 2.24) is 19.7 Å². The molecule has 0 radical (unpaired) electrons. The second-order valence-corrected chi connectivity index (χ2v) is 7.20. The van der Waals surface area contributed by atoms with E-state index in [0.717, 1.165) is 25.1 Å². The highest BCUT2D eigenvalue weighted by molar-refractivity contribution is 5.95. The molecule has 0 aliphatic carbocycles. The van der Waals surface area contributed by atoms with Crippen LogP contribution in [0.4, 0.5) is 13.2 Å². The summed E-state index contributed by atoms with van der Waals surface area (Å²) in [6.07, 6.45) is -0.842. The van der Waals surface area contributed by atoms with Crippen LogP contribution in [0.25, 0.3) is 5.82 Å². The van der Waals surface area contributed by atoms with E-state index in [1.807, 2.05) is 0 Å². The lowest BCUT2D eigenvalue weighted by Gasteiger charge is -2.33. The molecule has 0 spiro atoms. The first-order valence-electron chi connectivity index (χ1n) is 9.45. The molecule has 2 aliphatic heterocycles. The van der Waals surface area contributed by atoms with Crippen molar-refractivity contribution in [3.63, 3.8) is 0 Å². The molecular formula is C19H21F3N4O3. The molecule has 156 valence electrons. The van der Waals surface area contributed by atoms with E-state index in [-0.39, 0.29) is 23.9 Å². The number of pyridine rings is 1. The normalized spacial score (nSPS) is 19.1. The molecule has 0 bridgehead atoms. The molecule has 0 N–H and O–H groups in total. The van der Waals surface area contributed by atoms with Gasteiger partial charge in [-0.25, -0.2) is 9.67 Å². The Labute approximate surface area is 165 Å². The second-order valence-electron chi connectivity index (χ2n) is 7.20. The minimum Gasteiger partial charge on any atom is -0.350 e. The molecule has 2 saturated heterocycles. The number of rotatable bonds is 3. The molecule has 10 heteroatoms. The van der Waals surface area contributed by atoms with Crippen LogP contribution >= 0.6 is 0 Å². The third-order valence-electron chi connectivity index (χ3n) is 5.39. The van der Waals surface area contributed by atoms with Crippen LogP contribution in [0.5, 0.6) is 0 Å². The predicted octanol–water partition coefficient (Wildman–Crippen LogP) is 2.82. The van der Waals surface area contributed by atoms with Crippen molar-refractivity contribution < 1.29 is 27.4 Å². The number of halogens is 3. The van der Waals surface area contributed by atoms with E-state index in [1.54, 1.807) is 11.8 Å². The number of carbonyl (C=O) groups excluding carboxylic acids is 1. The first-order valence-corrected chi connectivity index (χ1v) is 9.45. The Balaban J connectivity index is 1.45. The SMILES string of the molecule is Cc1c(C(=O)N2CCC(C3OCCO3)CC2)cnn1-c1ccc(C(F)(F)F)cn1. The molecule has 7 nitrogen and oxygen atoms in total. The van der Waals surface area contributed by atoms with E-state index in [1.165, 1.54) is 16.9 Å². The molecule has 4 rings (SSSR count). The summed E-state index contributed by atoms with van der Waals surface area (Å²) in [6.45, 7) is 4.11. The zero-order valence-electron chi connectivity index (χ0n) is 15.9. The zero-order chi connectivity index (χ0) is 20.6. The van der Waals surface area contributed by atoms with E-state index < -0.39 is 11.7 Å². The molecule has 0 saturated carbocycles. The third-order valence-corrected chi connectivity index (χ3v) is 5.39. The number of piperidine rings is 1. The Morgan fingerprint density at radius 1 is 1.14 bits per heavy atom. The average Bonchev–Trinajstić information content (AvgIpc) is 3.37. The van der Waals surface area contributed by atoms with Crippen molar-refractivity contribution in [3.05, 3.63) is 41.3 Å². The van der Waals surface area contributed by atoms with Crippen molar-refractivity contribution in [2.45, 2.75) is 32.2 Å². The van der Waals surface area contributed by atoms with Gasteiger partial charge in [0.15, 0.2) is 12.1 Å². The summed E-state index contributed by atoms with van der Waals surface area (Å²) in [5.41, 5.74) is 0.116. The van der Waals surface area contributed by atoms with Crippen molar-refractivity contribution in [1.29, 1.82) is 0 Å². The Kier molecular flexibility index (Phi) is 5.30. The highest BCUT2D eigenvalue weighted by Gasteiger charge is 2.33. The number of amides is 1. The zero-order valence-corrected chi connectivity index (χ0v) is 15.9. The van der Waals surface area contributed by atoms with E-state index in [9.17, 15) is 18.0 Å². The highest BCUT2D eigenvalue weighted by atomic mass is 19.4. The fraction of sp³-hybridized carbons (Fsp3) is 0.526. The van der Waals surface area contributed by atoms with Gasteiger partial charge in [0.05, 0.1) is 36.2 Å². The van der Waals surface area contributed by atoms with E-state index in [0.29, 0.717) is 37.6 Å². The van der Waals surface area contributed by atoms with Crippen molar-refractivity contribution >= 4 is 5.91 Å². The lowest BCUT2D eigenvalue weighted by Crippen LogP contribution is -2.41. The summed E-state index contributed by atoms with van der Waals surface area (Å²) in [7, 11) is 0. The van der Waals surface area contributed by atoms with Gasteiger partial charge in [0, 0.05) is 25.2 Å². The number of hydrogen-bond donors (Lipinski definition) is 0. The number of carbonyl (C=O) groups is 1. The van der Waals surface area contributed by atoms with Crippen LogP contribution in [-0.4, -0.2) is 58.2 Å². The van der Waals surface area contributed by atoms with Crippen LogP contribution in [0.2, 0.25) is 0 Å². The standard InChI is InChI=1S/C19H21F3N4O3/c1-12-15(11-24-26(12)16-3-2-14(10-23-16)19(20,21)22)17(27)25-6-4-13(5-7-25)18-28-8-9-29-18/h2-3,10-11,13,18H,4-9H2,1H3. The Morgan fingerprint density at radius 2 is 1.83 bits per heavy atom. The van der Waals surface area contributed by atoms with Gasteiger partial charge in [0.2, 0.25) is 0 Å². The molecule has 0 aromatic carbocycles. The fourth-order valence-electron chi connectivity index (χ4n) is 3.72. The lowest BCUT2D eigenvalue weighted by molar-refractivity contribution is -0.137. The van der Waals surface area contributed by atoms with Crippen LogP contribution in [0.15, 0.2) is 24.5 Å². The first-order chi connectivity index (χ1) is 13.8. The van der Waals surface area contributed by atoms with Crippen LogP contribution in [-0.2, 0) is 15.7 Å². The van der Waals surface area contributed by atoms with Gasteiger partial charge in [-0.15, -0.1) is 0 Å². The van der Waals surface area contributed by atoms with Crippen molar-refractivity contribution in [2.75, 3.05) is 26.3 Å². The van der Waals surface area contributed by atoms with E-state index in [2.05, 4.69) is 10.1 Å². The van der Waals surface area contributed by atoms with Crippen molar-refractivity contribution in [3.8, 4) is 5.82 Å². The summed E-state index contributed by atoms with van der Waals surface area (Å²) < 4.78 is 50.6. The predicted molar refractivity (Wildman–Crippen MR) is 95.4 cm³/mol. The topological polar surface area (TPSA) is 69.5 Å². The summed E-state index contributed by atoms with van der Waals surface area (Å²) in [4.78, 5) is 18.5. The van der Waals surface area contributed by atoms with Gasteiger partial charge in [-0.3, -0.25) is 4.79 Å². The molecule has 2 fully saturated rings. The Morgan fingerprint density at radius 3 is 2.41 bits per heavy atom. The summed E-state index contributed by atoms with van der Waals surface area (Å²) in [5.74, 6) is 0.359. The Bertz CT molecular complexity index is 868. The summed E-state index contributed by atoms with van der Waals surface area (Å²) >= 11 is 0. The number of ether oxygens (including phenoxy) is 2. The smallest absolute Gasteiger partial charge is 0.350 e. The largest absolute Gasteiger partial charge is 0.417 e. The minimum absolute atomic E-state index is 0.146. The molecule has 29 heavy (non-hydrogen) atoms. The maximum absolute atomic E-state index is 12.9. The Hall–Kier alpha value is -2.46. The van der Waals surface area contributed by atoms with Gasteiger partial charge in [-0.2, -0.15) is 18.3 Å². The van der Waals surface area contributed by atoms with E-state index >= 15 is 0 Å². The fourth-order valence-corrected chi connectivity index (χ4v) is 3.72. The minimum atomic E-state index is -4.45. The summed E-state index contributed by atoms with van der Waals surface area (Å²) in [5, 5.41) is 4.16. The van der Waals surface area contributed by atoms with Crippen LogP contribution < -0.4 is 0 Å². The second kappa shape index (κ2) is 7.75. The summed E-state index contributed by atoms with van der Waals surface area (Å²) in [6, 6.07) is 2.19. The van der Waals surface area contributed by atoms with Gasteiger partial charge >= 0.3 is 6.18 Å². The number of hydrogen-bond acceptors (Lipinski definition) is 5. The van der Waals surface area contributed by atoms with Gasteiger partial charge < -0.3 is 14.4 Å². The monoisotopic (exact) mass is 410 g/mol. The molecule has 4 heterocycles. The average molecular weight is 410 g/mol. The number of alkyl halides is 3. The number of nitrogens with zero attached hydrogens (tertiary/aromatic N) is 4. The number of aromatic nitrogens is 3. The van der Waals surface area contributed by atoms with Crippen LogP contribution in [0, 0.1) is 12.8 Å². The molecule has 2 aromatic rings. The maximum atomic E-state index is 12.9. The van der Waals surface area contributed by atoms with Crippen LogP contribution in [0.3, 0.4) is 0 Å². The van der Waals surface area contributed by atoms with Gasteiger partial charge in [0.25, 0.3) is 5.91 Å². The molecular weight excluding hydrogens is 389 g/mol. The van der Waals surface area contributed by atoms with Crippen molar-refractivity contribution in [2.24, 2.45) is 5.92 Å². The third kappa shape index (κ3) is 3.99. The molecule has 1 amide bonds. The first kappa shape index (κ1) is 19.8. The molecule has 2 aromatic heterocycles. The highest BCUT2D eigenvalue weighted by Crippen LogP contribution is 2.29.